The van der Waals surface area contributed by atoms with E-state index >= 15 is 0 Å². The summed E-state index contributed by atoms with van der Waals surface area (Å²) < 4.78 is 13.3. The van der Waals surface area contributed by atoms with Crippen molar-refractivity contribution in [1.82, 2.24) is 14.7 Å². The predicted octanol–water partition coefficient (Wildman–Crippen LogP) is 1.76. The van der Waals surface area contributed by atoms with Gasteiger partial charge in [-0.2, -0.15) is 0 Å². The Bertz CT molecular complexity index is 751. The molecule has 1 aromatic rings. The van der Waals surface area contributed by atoms with Gasteiger partial charge in [-0.3, -0.25) is 14.4 Å². The first-order chi connectivity index (χ1) is 12.7. The zero-order valence-corrected chi connectivity index (χ0v) is 16.1. The number of piperazine rings is 1. The number of rotatable bonds is 2. The molecule has 2 aliphatic heterocycles. The molecule has 2 fully saturated rings. The molecule has 3 amide bonds. The number of hydrogen-bond acceptors (Lipinski definition) is 3. The summed E-state index contributed by atoms with van der Waals surface area (Å²) >= 11 is 0. The van der Waals surface area contributed by atoms with Gasteiger partial charge in [0.05, 0.1) is 5.92 Å². The van der Waals surface area contributed by atoms with Gasteiger partial charge in [0.25, 0.3) is 5.91 Å². The highest BCUT2D eigenvalue weighted by atomic mass is 19.1. The second kappa shape index (κ2) is 7.29. The van der Waals surface area contributed by atoms with E-state index in [1.165, 1.54) is 18.2 Å². The lowest BCUT2D eigenvalue weighted by atomic mass is 10.1. The maximum absolute atomic E-state index is 13.3. The molecule has 0 bridgehead atoms. The zero-order valence-electron chi connectivity index (χ0n) is 16.1. The number of carbonyl (C=O) groups is 3. The predicted molar refractivity (Wildman–Crippen MR) is 98.5 cm³/mol. The lowest BCUT2D eigenvalue weighted by Gasteiger charge is -2.36. The van der Waals surface area contributed by atoms with Gasteiger partial charge in [0.1, 0.15) is 5.82 Å². The fourth-order valence-corrected chi connectivity index (χ4v) is 3.71. The normalized spacial score (nSPS) is 21.0. The van der Waals surface area contributed by atoms with Crippen molar-refractivity contribution in [1.29, 1.82) is 0 Å². The molecule has 0 aliphatic carbocycles. The lowest BCUT2D eigenvalue weighted by molar-refractivity contribution is -0.137. The van der Waals surface area contributed by atoms with E-state index in [9.17, 15) is 18.8 Å². The van der Waals surface area contributed by atoms with Gasteiger partial charge >= 0.3 is 0 Å². The molecule has 0 radical (unpaired) electrons. The van der Waals surface area contributed by atoms with E-state index in [0.717, 1.165) is 0 Å². The van der Waals surface area contributed by atoms with Crippen molar-refractivity contribution in [3.8, 4) is 0 Å². The van der Waals surface area contributed by atoms with Gasteiger partial charge in [0, 0.05) is 50.2 Å². The van der Waals surface area contributed by atoms with Crippen LogP contribution in [0.15, 0.2) is 24.3 Å². The first-order valence-electron chi connectivity index (χ1n) is 9.31. The molecular weight excluding hydrogens is 349 g/mol. The number of halogens is 1. The van der Waals surface area contributed by atoms with Crippen LogP contribution in [-0.4, -0.2) is 70.7 Å². The molecule has 0 aromatic heterocycles. The van der Waals surface area contributed by atoms with E-state index in [4.69, 9.17) is 0 Å². The Morgan fingerprint density at radius 2 is 1.70 bits per heavy atom. The van der Waals surface area contributed by atoms with Gasteiger partial charge in [0.15, 0.2) is 0 Å². The standard InChI is InChI=1S/C20H26FN3O3/c1-20(2,3)24-13-15(12-17(24)25)19(27)23-9-7-22(8-10-23)18(26)14-5-4-6-16(21)11-14/h4-6,11,15H,7-10,12-13H2,1-3H3. The Morgan fingerprint density at radius 1 is 1.07 bits per heavy atom. The van der Waals surface area contributed by atoms with Crippen LogP contribution in [0, 0.1) is 11.7 Å². The molecule has 1 unspecified atom stereocenters. The van der Waals surface area contributed by atoms with Crippen molar-refractivity contribution < 1.29 is 18.8 Å². The molecule has 2 saturated heterocycles. The van der Waals surface area contributed by atoms with Crippen molar-refractivity contribution in [3.05, 3.63) is 35.6 Å². The van der Waals surface area contributed by atoms with Crippen molar-refractivity contribution >= 4 is 17.7 Å². The van der Waals surface area contributed by atoms with Gasteiger partial charge in [-0.05, 0) is 39.0 Å². The van der Waals surface area contributed by atoms with E-state index in [1.807, 2.05) is 20.8 Å². The minimum atomic E-state index is -0.441. The molecule has 2 aliphatic rings. The molecule has 0 saturated carbocycles. The molecule has 0 N–H and O–H groups in total. The Labute approximate surface area is 158 Å². The minimum Gasteiger partial charge on any atom is -0.339 e. The Morgan fingerprint density at radius 3 is 2.26 bits per heavy atom. The van der Waals surface area contributed by atoms with E-state index in [2.05, 4.69) is 0 Å². The summed E-state index contributed by atoms with van der Waals surface area (Å²) in [5, 5.41) is 0. The third-order valence-corrected chi connectivity index (χ3v) is 5.23. The van der Waals surface area contributed by atoms with Crippen LogP contribution in [0.4, 0.5) is 4.39 Å². The van der Waals surface area contributed by atoms with Crippen LogP contribution < -0.4 is 0 Å². The fourth-order valence-electron chi connectivity index (χ4n) is 3.71. The maximum atomic E-state index is 13.3. The highest BCUT2D eigenvalue weighted by Crippen LogP contribution is 2.27. The monoisotopic (exact) mass is 375 g/mol. The minimum absolute atomic E-state index is 0.0146. The van der Waals surface area contributed by atoms with Crippen LogP contribution in [0.3, 0.4) is 0 Å². The van der Waals surface area contributed by atoms with Crippen molar-refractivity contribution in [2.75, 3.05) is 32.7 Å². The fraction of sp³-hybridized carbons (Fsp3) is 0.550. The molecule has 6 nitrogen and oxygen atoms in total. The zero-order chi connectivity index (χ0) is 19.8. The van der Waals surface area contributed by atoms with Crippen LogP contribution >= 0.6 is 0 Å². The largest absolute Gasteiger partial charge is 0.339 e. The molecule has 146 valence electrons. The molecule has 27 heavy (non-hydrogen) atoms. The van der Waals surface area contributed by atoms with Gasteiger partial charge in [-0.1, -0.05) is 6.07 Å². The first-order valence-corrected chi connectivity index (χ1v) is 9.31. The summed E-state index contributed by atoms with van der Waals surface area (Å²) in [6.45, 7) is 8.02. The Hall–Kier alpha value is -2.44. The summed E-state index contributed by atoms with van der Waals surface area (Å²) in [6, 6.07) is 5.64. The Balaban J connectivity index is 1.57. The van der Waals surface area contributed by atoms with Gasteiger partial charge < -0.3 is 14.7 Å². The number of carbonyl (C=O) groups excluding carboxylic acids is 3. The second-order valence-corrected chi connectivity index (χ2v) is 8.20. The van der Waals surface area contributed by atoms with E-state index in [1.54, 1.807) is 20.8 Å². The number of likely N-dealkylation sites (tertiary alicyclic amines) is 1. The molecule has 3 rings (SSSR count). The van der Waals surface area contributed by atoms with Crippen molar-refractivity contribution in [2.45, 2.75) is 32.7 Å². The van der Waals surface area contributed by atoms with Gasteiger partial charge in [-0.25, -0.2) is 4.39 Å². The summed E-state index contributed by atoms with van der Waals surface area (Å²) in [6.07, 6.45) is 0.249. The quantitative estimate of drug-likeness (QED) is 0.791. The Kier molecular flexibility index (Phi) is 5.22. The number of nitrogens with zero attached hydrogens (tertiary/aromatic N) is 3. The van der Waals surface area contributed by atoms with Crippen LogP contribution in [0.1, 0.15) is 37.6 Å². The summed E-state index contributed by atoms with van der Waals surface area (Å²) in [7, 11) is 0. The SMILES string of the molecule is CC(C)(C)N1CC(C(=O)N2CCN(C(=O)c3cccc(F)c3)CC2)CC1=O. The lowest BCUT2D eigenvalue weighted by Crippen LogP contribution is -2.52. The summed E-state index contributed by atoms with van der Waals surface area (Å²) in [5.41, 5.74) is 0.0272. The molecular formula is C20H26FN3O3. The van der Waals surface area contributed by atoms with Crippen LogP contribution in [0.25, 0.3) is 0 Å². The molecule has 7 heteroatoms. The van der Waals surface area contributed by atoms with Crippen LogP contribution in [-0.2, 0) is 9.59 Å². The van der Waals surface area contributed by atoms with E-state index < -0.39 is 5.82 Å². The highest BCUT2D eigenvalue weighted by molar-refractivity contribution is 5.94. The molecule has 0 spiro atoms. The topological polar surface area (TPSA) is 60.9 Å². The summed E-state index contributed by atoms with van der Waals surface area (Å²) in [4.78, 5) is 42.6. The third-order valence-electron chi connectivity index (χ3n) is 5.23. The van der Waals surface area contributed by atoms with Crippen molar-refractivity contribution in [3.63, 3.8) is 0 Å². The molecule has 2 heterocycles. The highest BCUT2D eigenvalue weighted by Gasteiger charge is 2.41. The second-order valence-electron chi connectivity index (χ2n) is 8.20. The average Bonchev–Trinajstić information content (AvgIpc) is 3.03. The van der Waals surface area contributed by atoms with Crippen LogP contribution in [0.5, 0.6) is 0 Å². The van der Waals surface area contributed by atoms with Gasteiger partial charge in [0.2, 0.25) is 11.8 Å². The van der Waals surface area contributed by atoms with Crippen molar-refractivity contribution in [2.24, 2.45) is 5.92 Å². The molecule has 1 atom stereocenters. The van der Waals surface area contributed by atoms with Gasteiger partial charge in [-0.15, -0.1) is 0 Å². The van der Waals surface area contributed by atoms with E-state index in [0.29, 0.717) is 38.3 Å². The number of hydrogen-bond donors (Lipinski definition) is 0. The smallest absolute Gasteiger partial charge is 0.254 e. The number of benzene rings is 1. The molecule has 1 aromatic carbocycles. The number of amides is 3. The van der Waals surface area contributed by atoms with E-state index in [-0.39, 0.29) is 35.6 Å². The third kappa shape index (κ3) is 4.12. The van der Waals surface area contributed by atoms with Crippen LogP contribution in [0.2, 0.25) is 0 Å². The first kappa shape index (κ1) is 19.3. The maximum Gasteiger partial charge on any atom is 0.254 e. The summed E-state index contributed by atoms with van der Waals surface area (Å²) in [5.74, 6) is -0.989. The average molecular weight is 375 g/mol.